The Morgan fingerprint density at radius 1 is 0.815 bits per heavy atom. The lowest BCUT2D eigenvalue weighted by molar-refractivity contribution is -0.139. The van der Waals surface area contributed by atoms with E-state index in [1.54, 1.807) is 0 Å². The molecular weight excluding hydrogens is 362 g/mol. The molecule has 1 amide bonds. The molecule has 0 radical (unpaired) electrons. The van der Waals surface area contributed by atoms with Gasteiger partial charge in [-0.2, -0.15) is 0 Å². The van der Waals surface area contributed by atoms with Crippen LogP contribution in [0.3, 0.4) is 0 Å². The molecule has 1 atom stereocenters. The van der Waals surface area contributed by atoms with E-state index in [0.29, 0.717) is 17.7 Å². The molecule has 142 valence electrons. The minimum absolute atomic E-state index is 0.255. The fraction of sp³-hybridized carbons (Fsp3) is 0.118. The lowest BCUT2D eigenvalue weighted by Crippen LogP contribution is -2.42. The van der Waals surface area contributed by atoms with Gasteiger partial charge < -0.3 is 36.0 Å². The molecule has 7 N–H and O–H groups in total. The molecule has 0 spiro atoms. The number of rotatable bonds is 6. The average molecular weight is 377 g/mol. The second-order valence-corrected chi connectivity index (χ2v) is 5.58. The van der Waals surface area contributed by atoms with Gasteiger partial charge in [-0.25, -0.2) is 9.59 Å². The van der Waals surface area contributed by atoms with E-state index in [-0.39, 0.29) is 6.42 Å². The van der Waals surface area contributed by atoms with Crippen molar-refractivity contribution < 1.29 is 45.0 Å². The van der Waals surface area contributed by atoms with Gasteiger partial charge in [-0.15, -0.1) is 0 Å². The van der Waals surface area contributed by atoms with Crippen molar-refractivity contribution in [1.29, 1.82) is 0 Å². The predicted octanol–water partition coefficient (Wildman–Crippen LogP) is 0.633. The van der Waals surface area contributed by atoms with Crippen LogP contribution in [0.2, 0.25) is 0 Å². The summed E-state index contributed by atoms with van der Waals surface area (Å²) < 4.78 is 0. The van der Waals surface area contributed by atoms with Gasteiger partial charge in [-0.05, 0) is 29.8 Å². The number of benzene rings is 2. The van der Waals surface area contributed by atoms with E-state index < -0.39 is 58.0 Å². The Morgan fingerprint density at radius 2 is 1.41 bits per heavy atom. The highest BCUT2D eigenvalue weighted by atomic mass is 16.4. The van der Waals surface area contributed by atoms with Crippen LogP contribution in [0.1, 0.15) is 26.3 Å². The third-order valence-electron chi connectivity index (χ3n) is 3.67. The van der Waals surface area contributed by atoms with Crippen molar-refractivity contribution in [2.24, 2.45) is 0 Å². The molecule has 0 aliphatic heterocycles. The van der Waals surface area contributed by atoms with E-state index in [2.05, 4.69) is 5.32 Å². The van der Waals surface area contributed by atoms with E-state index in [0.717, 1.165) is 12.1 Å². The SMILES string of the molecule is O=C(O)c1cc(O)c(C(=O)NC(Cc2ccc(O)c(O)c2)C(=O)O)cc1O. The number of phenolic OH excluding ortho intramolecular Hbond substituents is 3. The molecule has 0 aliphatic carbocycles. The molecule has 0 heterocycles. The van der Waals surface area contributed by atoms with E-state index in [1.807, 2.05) is 0 Å². The van der Waals surface area contributed by atoms with E-state index in [1.165, 1.54) is 6.07 Å². The highest BCUT2D eigenvalue weighted by Gasteiger charge is 2.25. The summed E-state index contributed by atoms with van der Waals surface area (Å²) in [4.78, 5) is 34.5. The lowest BCUT2D eigenvalue weighted by Gasteiger charge is -2.16. The summed E-state index contributed by atoms with van der Waals surface area (Å²) in [5.74, 6) is -6.39. The van der Waals surface area contributed by atoms with Crippen LogP contribution < -0.4 is 5.32 Å². The Kier molecular flexibility index (Phi) is 5.40. The summed E-state index contributed by atoms with van der Waals surface area (Å²) in [6, 6.07) is 3.53. The van der Waals surface area contributed by atoms with Crippen LogP contribution in [0.15, 0.2) is 30.3 Å². The van der Waals surface area contributed by atoms with E-state index in [4.69, 9.17) is 5.11 Å². The molecule has 0 aliphatic rings. The monoisotopic (exact) mass is 377 g/mol. The average Bonchev–Trinajstić information content (AvgIpc) is 2.58. The minimum Gasteiger partial charge on any atom is -0.507 e. The Morgan fingerprint density at radius 3 is 1.96 bits per heavy atom. The quantitative estimate of drug-likeness (QED) is 0.280. The summed E-state index contributed by atoms with van der Waals surface area (Å²) in [6.45, 7) is 0. The molecule has 2 rings (SSSR count). The first kappa shape index (κ1) is 19.4. The zero-order valence-corrected chi connectivity index (χ0v) is 13.6. The molecule has 10 heteroatoms. The van der Waals surface area contributed by atoms with Crippen molar-refractivity contribution >= 4 is 17.8 Å². The zero-order chi connectivity index (χ0) is 20.3. The van der Waals surface area contributed by atoms with Crippen LogP contribution in [0, 0.1) is 0 Å². The number of carbonyl (C=O) groups excluding carboxylic acids is 1. The van der Waals surface area contributed by atoms with Crippen LogP contribution in [0.25, 0.3) is 0 Å². The molecule has 2 aromatic carbocycles. The predicted molar refractivity (Wildman–Crippen MR) is 89.1 cm³/mol. The number of aliphatic carboxylic acids is 1. The highest BCUT2D eigenvalue weighted by Crippen LogP contribution is 2.28. The Balaban J connectivity index is 2.24. The standard InChI is InChI=1S/C17H15NO9/c19-11-2-1-7(4-14(11)22)3-10(17(26)27)18-15(23)8-5-13(21)9(16(24)25)6-12(8)20/h1-2,4-6,10,19-22H,3H2,(H,18,23)(H,24,25)(H,26,27). The molecular formula is C17H15NO9. The first-order chi connectivity index (χ1) is 12.6. The minimum atomic E-state index is -1.52. The summed E-state index contributed by atoms with van der Waals surface area (Å²) in [7, 11) is 0. The van der Waals surface area contributed by atoms with Crippen LogP contribution >= 0.6 is 0 Å². The van der Waals surface area contributed by atoms with E-state index in [9.17, 15) is 39.9 Å². The number of hydrogen-bond donors (Lipinski definition) is 7. The van der Waals surface area contributed by atoms with Gasteiger partial charge in [0.2, 0.25) is 0 Å². The van der Waals surface area contributed by atoms with Crippen molar-refractivity contribution in [3.8, 4) is 23.0 Å². The van der Waals surface area contributed by atoms with Gasteiger partial charge in [0.1, 0.15) is 23.1 Å². The number of hydrogen-bond acceptors (Lipinski definition) is 7. The normalized spacial score (nSPS) is 11.6. The van der Waals surface area contributed by atoms with Gasteiger partial charge in [0.05, 0.1) is 5.56 Å². The number of carboxylic acids is 2. The van der Waals surface area contributed by atoms with Gasteiger partial charge in [0, 0.05) is 6.42 Å². The largest absolute Gasteiger partial charge is 0.507 e. The smallest absolute Gasteiger partial charge is 0.339 e. The molecule has 0 saturated heterocycles. The summed E-state index contributed by atoms with van der Waals surface area (Å²) >= 11 is 0. The van der Waals surface area contributed by atoms with Gasteiger partial charge in [0.25, 0.3) is 5.91 Å². The number of carboxylic acid groups (broad SMARTS) is 2. The van der Waals surface area contributed by atoms with Crippen molar-refractivity contribution in [1.82, 2.24) is 5.32 Å². The van der Waals surface area contributed by atoms with Crippen molar-refractivity contribution in [2.75, 3.05) is 0 Å². The number of carbonyl (C=O) groups is 3. The van der Waals surface area contributed by atoms with Crippen molar-refractivity contribution in [2.45, 2.75) is 12.5 Å². The van der Waals surface area contributed by atoms with Crippen LogP contribution in [0.5, 0.6) is 23.0 Å². The molecule has 10 nitrogen and oxygen atoms in total. The van der Waals surface area contributed by atoms with Crippen LogP contribution in [-0.4, -0.2) is 54.5 Å². The topological polar surface area (TPSA) is 185 Å². The molecule has 1 unspecified atom stereocenters. The molecule has 0 bridgehead atoms. The maximum atomic E-state index is 12.2. The Labute approximate surface area is 151 Å². The molecule has 0 fully saturated rings. The third kappa shape index (κ3) is 4.37. The number of nitrogens with one attached hydrogen (secondary N) is 1. The number of amides is 1. The summed E-state index contributed by atoms with van der Waals surface area (Å²) in [6.07, 6.45) is -0.255. The van der Waals surface area contributed by atoms with Crippen molar-refractivity contribution in [3.63, 3.8) is 0 Å². The Hall–Kier alpha value is -3.95. The van der Waals surface area contributed by atoms with Crippen LogP contribution in [-0.2, 0) is 11.2 Å². The Bertz CT molecular complexity index is 923. The summed E-state index contributed by atoms with van der Waals surface area (Å²) in [5.41, 5.74) is -0.845. The molecule has 0 saturated carbocycles. The lowest BCUT2D eigenvalue weighted by atomic mass is 10.0. The first-order valence-electron chi connectivity index (χ1n) is 7.44. The van der Waals surface area contributed by atoms with Gasteiger partial charge >= 0.3 is 11.9 Å². The van der Waals surface area contributed by atoms with Gasteiger partial charge in [-0.3, -0.25) is 4.79 Å². The van der Waals surface area contributed by atoms with E-state index >= 15 is 0 Å². The van der Waals surface area contributed by atoms with Crippen molar-refractivity contribution in [3.05, 3.63) is 47.0 Å². The maximum absolute atomic E-state index is 12.2. The number of aromatic carboxylic acids is 1. The second kappa shape index (κ2) is 7.52. The fourth-order valence-electron chi connectivity index (χ4n) is 2.30. The maximum Gasteiger partial charge on any atom is 0.339 e. The van der Waals surface area contributed by atoms with Gasteiger partial charge in [0.15, 0.2) is 11.5 Å². The first-order valence-corrected chi connectivity index (χ1v) is 7.44. The molecule has 0 aromatic heterocycles. The number of phenols is 4. The van der Waals surface area contributed by atoms with Gasteiger partial charge in [-0.1, -0.05) is 6.07 Å². The van der Waals surface area contributed by atoms with Crippen LogP contribution in [0.4, 0.5) is 0 Å². The fourth-order valence-corrected chi connectivity index (χ4v) is 2.30. The molecule has 2 aromatic rings. The second-order valence-electron chi connectivity index (χ2n) is 5.58. The number of aromatic hydroxyl groups is 4. The molecule has 27 heavy (non-hydrogen) atoms. The zero-order valence-electron chi connectivity index (χ0n) is 13.6. The highest BCUT2D eigenvalue weighted by molar-refractivity contribution is 6.01. The summed E-state index contributed by atoms with van der Waals surface area (Å²) in [5, 5.41) is 58.4. The third-order valence-corrected chi connectivity index (χ3v) is 3.67.